The fraction of sp³-hybridized carbons (Fsp3) is 0.538. The van der Waals surface area contributed by atoms with Crippen LogP contribution in [0.3, 0.4) is 0 Å². The van der Waals surface area contributed by atoms with E-state index in [2.05, 4.69) is 26.1 Å². The molecule has 0 amide bonds. The fourth-order valence-electron chi connectivity index (χ4n) is 2.41. The Kier molecular flexibility index (Phi) is 7.69. The maximum atomic E-state index is 12.9. The lowest BCUT2D eigenvalue weighted by Crippen LogP contribution is -2.45. The second kappa shape index (κ2) is 8.49. The van der Waals surface area contributed by atoms with E-state index >= 15 is 0 Å². The van der Waals surface area contributed by atoms with Crippen LogP contribution in [0.5, 0.6) is 0 Å². The van der Waals surface area contributed by atoms with Gasteiger partial charge in [0.15, 0.2) is 0 Å². The van der Waals surface area contributed by atoms with Gasteiger partial charge in [-0.05, 0) is 23.8 Å². The number of benzene rings is 1. The predicted molar refractivity (Wildman–Crippen MR) is 84.2 cm³/mol. The molecule has 1 aliphatic heterocycles. The molecule has 2 nitrogen and oxygen atoms in total. The van der Waals surface area contributed by atoms with Gasteiger partial charge in [-0.3, -0.25) is 4.90 Å². The quantitative estimate of drug-likeness (QED) is 0.832. The van der Waals surface area contributed by atoms with Crippen LogP contribution in [-0.4, -0.2) is 37.5 Å². The molecule has 1 saturated heterocycles. The Hall–Kier alpha value is 0.0600. The summed E-state index contributed by atoms with van der Waals surface area (Å²) in [4.78, 5) is 2.10. The van der Waals surface area contributed by atoms with Crippen molar-refractivity contribution >= 4 is 39.9 Å². The number of alkyl halides is 2. The molecule has 0 aliphatic carbocycles. The molecular weight excluding hydrogens is 373 g/mol. The van der Waals surface area contributed by atoms with Gasteiger partial charge in [0.2, 0.25) is 6.43 Å². The van der Waals surface area contributed by atoms with E-state index in [0.29, 0.717) is 5.02 Å². The minimum absolute atomic E-state index is 0. The second-order valence-corrected chi connectivity index (χ2v) is 5.89. The first-order chi connectivity index (χ1) is 9.08. The summed E-state index contributed by atoms with van der Waals surface area (Å²) < 4.78 is 26.6. The maximum Gasteiger partial charge on any atom is 0.240 e. The van der Waals surface area contributed by atoms with Gasteiger partial charge in [0.05, 0.1) is 0 Å². The lowest BCUT2D eigenvalue weighted by molar-refractivity contribution is 0.0736. The van der Waals surface area contributed by atoms with Gasteiger partial charge in [0.25, 0.3) is 0 Å². The minimum atomic E-state index is -2.33. The highest BCUT2D eigenvalue weighted by Gasteiger charge is 2.27. The number of hydrogen-bond acceptors (Lipinski definition) is 2. The topological polar surface area (TPSA) is 15.3 Å². The van der Waals surface area contributed by atoms with Crippen molar-refractivity contribution in [3.8, 4) is 0 Å². The number of piperazine rings is 1. The van der Waals surface area contributed by atoms with Gasteiger partial charge in [0.1, 0.15) is 0 Å². The molecule has 1 fully saturated rings. The standard InChI is InChI=1S/C13H16BrClF2N2.ClH/c14-11-2-1-9(15)7-10(11)12(8-13(16)17)19-5-3-18-4-6-19;/h1-2,7,12-13,18H,3-6,8H2;1H/t12-;/m1./s1. The summed E-state index contributed by atoms with van der Waals surface area (Å²) in [5.74, 6) is 0. The van der Waals surface area contributed by atoms with Crippen molar-refractivity contribution in [1.29, 1.82) is 0 Å². The third kappa shape index (κ3) is 4.81. The lowest BCUT2D eigenvalue weighted by Gasteiger charge is -2.35. The van der Waals surface area contributed by atoms with Crippen molar-refractivity contribution in [2.24, 2.45) is 0 Å². The van der Waals surface area contributed by atoms with Gasteiger partial charge >= 0.3 is 0 Å². The SMILES string of the molecule is Cl.FC(F)C[C@H](c1cc(Cl)ccc1Br)N1CCNCC1. The van der Waals surface area contributed by atoms with Gasteiger partial charge in [-0.25, -0.2) is 8.78 Å². The highest BCUT2D eigenvalue weighted by Crippen LogP contribution is 2.34. The molecule has 20 heavy (non-hydrogen) atoms. The summed E-state index contributed by atoms with van der Waals surface area (Å²) in [6, 6.07) is 5.06. The molecule has 0 saturated carbocycles. The van der Waals surface area contributed by atoms with Crippen molar-refractivity contribution < 1.29 is 8.78 Å². The Bertz CT molecular complexity index is 429. The third-order valence-corrected chi connectivity index (χ3v) is 4.27. The van der Waals surface area contributed by atoms with Crippen LogP contribution in [0.4, 0.5) is 8.78 Å². The van der Waals surface area contributed by atoms with Crippen molar-refractivity contribution in [3.05, 3.63) is 33.3 Å². The molecule has 114 valence electrons. The number of hydrogen-bond donors (Lipinski definition) is 1. The molecule has 1 aliphatic rings. The van der Waals surface area contributed by atoms with E-state index in [4.69, 9.17) is 11.6 Å². The van der Waals surface area contributed by atoms with Crippen molar-refractivity contribution in [2.45, 2.75) is 18.9 Å². The number of halogens is 5. The van der Waals surface area contributed by atoms with Crippen LogP contribution in [0, 0.1) is 0 Å². The molecule has 0 bridgehead atoms. The summed E-state index contributed by atoms with van der Waals surface area (Å²) in [7, 11) is 0. The van der Waals surface area contributed by atoms with E-state index in [1.165, 1.54) is 0 Å². The average molecular weight is 390 g/mol. The molecule has 0 spiro atoms. The molecular formula is C13H17BrCl2F2N2. The zero-order valence-corrected chi connectivity index (χ0v) is 13.9. The predicted octanol–water partition coefficient (Wildman–Crippen LogP) is 4.13. The van der Waals surface area contributed by atoms with Gasteiger partial charge in [-0.2, -0.15) is 0 Å². The Labute approximate surface area is 137 Å². The first-order valence-corrected chi connectivity index (χ1v) is 7.43. The third-order valence-electron chi connectivity index (χ3n) is 3.31. The van der Waals surface area contributed by atoms with Crippen LogP contribution in [0.1, 0.15) is 18.0 Å². The fourth-order valence-corrected chi connectivity index (χ4v) is 3.10. The maximum absolute atomic E-state index is 12.9. The highest BCUT2D eigenvalue weighted by molar-refractivity contribution is 9.10. The molecule has 1 heterocycles. The van der Waals surface area contributed by atoms with Gasteiger partial charge < -0.3 is 5.32 Å². The Morgan fingerprint density at radius 1 is 1.30 bits per heavy atom. The molecule has 1 atom stereocenters. The van der Waals surface area contributed by atoms with E-state index in [9.17, 15) is 8.78 Å². The van der Waals surface area contributed by atoms with E-state index < -0.39 is 6.43 Å². The molecule has 1 N–H and O–H groups in total. The van der Waals surface area contributed by atoms with E-state index in [1.807, 2.05) is 6.07 Å². The molecule has 0 unspecified atom stereocenters. The highest BCUT2D eigenvalue weighted by atomic mass is 79.9. The first kappa shape index (κ1) is 18.1. The summed E-state index contributed by atoms with van der Waals surface area (Å²) in [5.41, 5.74) is 0.842. The lowest BCUT2D eigenvalue weighted by atomic mass is 10.0. The van der Waals surface area contributed by atoms with E-state index in [0.717, 1.165) is 36.2 Å². The van der Waals surface area contributed by atoms with Gasteiger partial charge in [-0.1, -0.05) is 27.5 Å². The Balaban J connectivity index is 0.00000200. The van der Waals surface area contributed by atoms with Gasteiger partial charge in [0, 0.05) is 48.1 Å². The van der Waals surface area contributed by atoms with Crippen molar-refractivity contribution in [2.75, 3.05) is 26.2 Å². The van der Waals surface area contributed by atoms with Crippen LogP contribution >= 0.6 is 39.9 Å². The van der Waals surface area contributed by atoms with Crippen molar-refractivity contribution in [3.63, 3.8) is 0 Å². The molecule has 0 aromatic heterocycles. The summed E-state index contributed by atoms with van der Waals surface area (Å²) >= 11 is 9.44. The summed E-state index contributed by atoms with van der Waals surface area (Å²) in [6.07, 6.45) is -2.50. The van der Waals surface area contributed by atoms with Crippen LogP contribution < -0.4 is 5.32 Å². The van der Waals surface area contributed by atoms with Crippen LogP contribution in [0.2, 0.25) is 5.02 Å². The van der Waals surface area contributed by atoms with E-state index in [1.54, 1.807) is 12.1 Å². The van der Waals surface area contributed by atoms with Crippen LogP contribution in [0.25, 0.3) is 0 Å². The summed E-state index contributed by atoms with van der Waals surface area (Å²) in [6.45, 7) is 3.21. The normalized spacial score (nSPS) is 17.9. The number of rotatable bonds is 4. The monoisotopic (exact) mass is 388 g/mol. The summed E-state index contributed by atoms with van der Waals surface area (Å²) in [5, 5.41) is 3.81. The average Bonchev–Trinajstić information content (AvgIpc) is 2.40. The van der Waals surface area contributed by atoms with Crippen LogP contribution in [-0.2, 0) is 0 Å². The minimum Gasteiger partial charge on any atom is -0.314 e. The second-order valence-electron chi connectivity index (χ2n) is 4.59. The number of nitrogens with one attached hydrogen (secondary N) is 1. The van der Waals surface area contributed by atoms with E-state index in [-0.39, 0.29) is 24.9 Å². The Morgan fingerprint density at radius 2 is 1.95 bits per heavy atom. The molecule has 7 heteroatoms. The zero-order chi connectivity index (χ0) is 13.8. The van der Waals surface area contributed by atoms with Crippen LogP contribution in [0.15, 0.2) is 22.7 Å². The largest absolute Gasteiger partial charge is 0.314 e. The zero-order valence-electron chi connectivity index (χ0n) is 10.8. The molecule has 1 aromatic carbocycles. The molecule has 0 radical (unpaired) electrons. The smallest absolute Gasteiger partial charge is 0.240 e. The number of nitrogens with zero attached hydrogens (tertiary/aromatic N) is 1. The van der Waals surface area contributed by atoms with Gasteiger partial charge in [-0.15, -0.1) is 12.4 Å². The molecule has 1 aromatic rings. The molecule has 2 rings (SSSR count). The first-order valence-electron chi connectivity index (χ1n) is 6.26. The Morgan fingerprint density at radius 3 is 2.55 bits per heavy atom. The van der Waals surface area contributed by atoms with Crippen molar-refractivity contribution in [1.82, 2.24) is 10.2 Å².